The van der Waals surface area contributed by atoms with Crippen molar-refractivity contribution in [3.05, 3.63) is 54.2 Å². The van der Waals surface area contributed by atoms with Crippen LogP contribution in [-0.4, -0.2) is 4.98 Å². The van der Waals surface area contributed by atoms with Crippen LogP contribution in [0.1, 0.15) is 38.2 Å². The summed E-state index contributed by atoms with van der Waals surface area (Å²) in [4.78, 5) is 4.35. The lowest BCUT2D eigenvalue weighted by molar-refractivity contribution is 0.454. The Bertz CT molecular complexity index is 482. The van der Waals surface area contributed by atoms with Crippen LogP contribution in [0.5, 0.6) is 11.6 Å². The minimum Gasteiger partial charge on any atom is -0.439 e. The lowest BCUT2D eigenvalue weighted by atomic mass is 10.1. The average Bonchev–Trinajstić information content (AvgIpc) is 2.46. The van der Waals surface area contributed by atoms with Crippen molar-refractivity contribution < 1.29 is 4.74 Å². The van der Waals surface area contributed by atoms with Crippen molar-refractivity contribution in [2.45, 2.75) is 39.0 Å². The van der Waals surface area contributed by atoms with E-state index in [-0.39, 0.29) is 0 Å². The highest BCUT2D eigenvalue weighted by Gasteiger charge is 2.05. The van der Waals surface area contributed by atoms with E-state index in [0.29, 0.717) is 0 Å². The number of pyridine rings is 1. The zero-order valence-electron chi connectivity index (χ0n) is 11.5. The standard InChI is InChI=1S/C17H21NO/c1-2-3-4-6-10-15-11-9-14-18-17(15)19-16-12-7-5-8-13-16/h5,7-9,11-14H,2-4,6,10H2,1H3. The molecule has 19 heavy (non-hydrogen) atoms. The number of unbranched alkanes of at least 4 members (excludes halogenated alkanes) is 3. The molecule has 0 radical (unpaired) electrons. The van der Waals surface area contributed by atoms with Crippen LogP contribution >= 0.6 is 0 Å². The third-order valence-electron chi connectivity index (χ3n) is 3.11. The van der Waals surface area contributed by atoms with Gasteiger partial charge in [-0.25, -0.2) is 4.98 Å². The summed E-state index contributed by atoms with van der Waals surface area (Å²) in [6, 6.07) is 13.9. The average molecular weight is 255 g/mol. The first-order chi connectivity index (χ1) is 9.40. The molecule has 0 aliphatic carbocycles. The Balaban J connectivity index is 2.00. The molecule has 0 fully saturated rings. The summed E-state index contributed by atoms with van der Waals surface area (Å²) in [5.41, 5.74) is 1.20. The number of nitrogens with zero attached hydrogens (tertiary/aromatic N) is 1. The Kier molecular flexibility index (Phi) is 5.42. The number of benzene rings is 1. The highest BCUT2D eigenvalue weighted by Crippen LogP contribution is 2.23. The lowest BCUT2D eigenvalue weighted by Crippen LogP contribution is -1.95. The topological polar surface area (TPSA) is 22.1 Å². The maximum Gasteiger partial charge on any atom is 0.222 e. The molecule has 1 aromatic carbocycles. The number of aryl methyl sites for hydroxylation is 1. The Morgan fingerprint density at radius 1 is 0.947 bits per heavy atom. The van der Waals surface area contributed by atoms with Crippen molar-refractivity contribution in [3.63, 3.8) is 0 Å². The predicted molar refractivity (Wildman–Crippen MR) is 78.6 cm³/mol. The maximum absolute atomic E-state index is 5.86. The minimum absolute atomic E-state index is 0.741. The Morgan fingerprint density at radius 3 is 2.58 bits per heavy atom. The molecule has 0 aliphatic heterocycles. The van der Waals surface area contributed by atoms with Gasteiger partial charge in [0.15, 0.2) is 0 Å². The van der Waals surface area contributed by atoms with E-state index < -0.39 is 0 Å². The second kappa shape index (κ2) is 7.57. The van der Waals surface area contributed by atoms with Gasteiger partial charge in [0.05, 0.1) is 0 Å². The molecule has 0 N–H and O–H groups in total. The van der Waals surface area contributed by atoms with Gasteiger partial charge in [0.1, 0.15) is 5.75 Å². The van der Waals surface area contributed by atoms with Gasteiger partial charge in [-0.3, -0.25) is 0 Å². The molecule has 0 atom stereocenters. The number of hydrogen-bond acceptors (Lipinski definition) is 2. The third kappa shape index (κ3) is 4.40. The summed E-state index contributed by atoms with van der Waals surface area (Å²) in [5, 5.41) is 0. The molecule has 0 saturated heterocycles. The van der Waals surface area contributed by atoms with E-state index in [9.17, 15) is 0 Å². The fourth-order valence-corrected chi connectivity index (χ4v) is 2.05. The van der Waals surface area contributed by atoms with E-state index in [1.165, 1.54) is 31.2 Å². The van der Waals surface area contributed by atoms with E-state index >= 15 is 0 Å². The number of hydrogen-bond donors (Lipinski definition) is 0. The first kappa shape index (κ1) is 13.6. The van der Waals surface area contributed by atoms with Crippen LogP contribution in [0.25, 0.3) is 0 Å². The number of rotatable bonds is 7. The molecule has 1 heterocycles. The van der Waals surface area contributed by atoms with Gasteiger partial charge in [0.2, 0.25) is 5.88 Å². The number of aromatic nitrogens is 1. The van der Waals surface area contributed by atoms with E-state index in [2.05, 4.69) is 18.0 Å². The second-order valence-electron chi connectivity index (χ2n) is 4.69. The molecule has 100 valence electrons. The van der Waals surface area contributed by atoms with Crippen molar-refractivity contribution in [3.8, 4) is 11.6 Å². The van der Waals surface area contributed by atoms with E-state index in [1.807, 2.05) is 36.4 Å². The summed E-state index contributed by atoms with van der Waals surface area (Å²) in [5.74, 6) is 1.58. The van der Waals surface area contributed by atoms with Crippen molar-refractivity contribution in [1.29, 1.82) is 0 Å². The summed E-state index contributed by atoms with van der Waals surface area (Å²) in [7, 11) is 0. The molecular formula is C17H21NO. The Morgan fingerprint density at radius 2 is 1.79 bits per heavy atom. The molecule has 0 aliphatic rings. The monoisotopic (exact) mass is 255 g/mol. The normalized spacial score (nSPS) is 10.4. The molecule has 0 saturated carbocycles. The molecule has 0 amide bonds. The van der Waals surface area contributed by atoms with Crippen molar-refractivity contribution >= 4 is 0 Å². The lowest BCUT2D eigenvalue weighted by Gasteiger charge is -2.09. The molecule has 0 unspecified atom stereocenters. The first-order valence-electron chi connectivity index (χ1n) is 7.07. The van der Waals surface area contributed by atoms with Gasteiger partial charge in [-0.15, -0.1) is 0 Å². The summed E-state index contributed by atoms with van der Waals surface area (Å²) >= 11 is 0. The van der Waals surface area contributed by atoms with E-state index in [4.69, 9.17) is 4.74 Å². The predicted octanol–water partition coefficient (Wildman–Crippen LogP) is 5.00. The molecule has 1 aromatic heterocycles. The van der Waals surface area contributed by atoms with E-state index in [1.54, 1.807) is 6.20 Å². The summed E-state index contributed by atoms with van der Waals surface area (Å²) < 4.78 is 5.86. The SMILES string of the molecule is CCCCCCc1cccnc1Oc1ccccc1. The molecule has 2 rings (SSSR count). The second-order valence-corrected chi connectivity index (χ2v) is 4.69. The molecule has 2 nitrogen and oxygen atoms in total. The van der Waals surface area contributed by atoms with Gasteiger partial charge >= 0.3 is 0 Å². The van der Waals surface area contributed by atoms with Gasteiger partial charge < -0.3 is 4.74 Å². The van der Waals surface area contributed by atoms with Gasteiger partial charge in [0.25, 0.3) is 0 Å². The molecule has 0 bridgehead atoms. The van der Waals surface area contributed by atoms with Crippen LogP contribution in [0.15, 0.2) is 48.7 Å². The zero-order chi connectivity index (χ0) is 13.3. The molecular weight excluding hydrogens is 234 g/mol. The van der Waals surface area contributed by atoms with Gasteiger partial charge in [-0.05, 0) is 31.0 Å². The fraction of sp³-hybridized carbons (Fsp3) is 0.353. The minimum atomic E-state index is 0.741. The van der Waals surface area contributed by atoms with Gasteiger partial charge in [-0.1, -0.05) is 50.5 Å². The number of para-hydroxylation sites is 1. The van der Waals surface area contributed by atoms with Crippen LogP contribution in [0.2, 0.25) is 0 Å². The highest BCUT2D eigenvalue weighted by atomic mass is 16.5. The summed E-state index contributed by atoms with van der Waals surface area (Å²) in [6.07, 6.45) is 7.86. The van der Waals surface area contributed by atoms with Crippen LogP contribution in [-0.2, 0) is 6.42 Å². The number of ether oxygens (including phenoxy) is 1. The first-order valence-corrected chi connectivity index (χ1v) is 7.07. The zero-order valence-corrected chi connectivity index (χ0v) is 11.5. The third-order valence-corrected chi connectivity index (χ3v) is 3.11. The van der Waals surface area contributed by atoms with Crippen molar-refractivity contribution in [2.24, 2.45) is 0 Å². The smallest absolute Gasteiger partial charge is 0.222 e. The molecule has 2 heteroatoms. The van der Waals surface area contributed by atoms with Crippen LogP contribution in [0.3, 0.4) is 0 Å². The molecule has 2 aromatic rings. The highest BCUT2D eigenvalue weighted by molar-refractivity contribution is 5.32. The van der Waals surface area contributed by atoms with Crippen molar-refractivity contribution in [1.82, 2.24) is 4.98 Å². The molecule has 0 spiro atoms. The quantitative estimate of drug-likeness (QED) is 0.650. The maximum atomic E-state index is 5.86. The van der Waals surface area contributed by atoms with Gasteiger partial charge in [-0.2, -0.15) is 0 Å². The summed E-state index contributed by atoms with van der Waals surface area (Å²) in [6.45, 7) is 2.23. The Hall–Kier alpha value is -1.83. The van der Waals surface area contributed by atoms with Gasteiger partial charge in [0, 0.05) is 11.8 Å². The Labute approximate surface area is 115 Å². The largest absolute Gasteiger partial charge is 0.439 e. The van der Waals surface area contributed by atoms with E-state index in [0.717, 1.165) is 18.1 Å². The van der Waals surface area contributed by atoms with Crippen LogP contribution in [0, 0.1) is 0 Å². The van der Waals surface area contributed by atoms with Crippen LogP contribution < -0.4 is 4.74 Å². The fourth-order valence-electron chi connectivity index (χ4n) is 2.05. The van der Waals surface area contributed by atoms with Crippen molar-refractivity contribution in [2.75, 3.05) is 0 Å². The van der Waals surface area contributed by atoms with Crippen LogP contribution in [0.4, 0.5) is 0 Å².